The van der Waals surface area contributed by atoms with Gasteiger partial charge < -0.3 is 15.5 Å². The highest BCUT2D eigenvalue weighted by molar-refractivity contribution is 6.39. The van der Waals surface area contributed by atoms with Crippen molar-refractivity contribution in [3.05, 3.63) is 28.2 Å². The molecular weight excluding hydrogens is 303 g/mol. The molecule has 1 saturated heterocycles. The number of amides is 1. The second-order valence-electron chi connectivity index (χ2n) is 4.79. The van der Waals surface area contributed by atoms with E-state index in [0.717, 1.165) is 0 Å². The van der Waals surface area contributed by atoms with Gasteiger partial charge in [0.1, 0.15) is 0 Å². The summed E-state index contributed by atoms with van der Waals surface area (Å²) in [5.41, 5.74) is 0.405. The van der Waals surface area contributed by atoms with Crippen molar-refractivity contribution < 1.29 is 15.0 Å². The Bertz CT molecular complexity index is 468. The van der Waals surface area contributed by atoms with Gasteiger partial charge in [0.05, 0.1) is 27.9 Å². The van der Waals surface area contributed by atoms with Crippen LogP contribution in [0.25, 0.3) is 0 Å². The SMILES string of the molecule is O=C(CCN1CC(O)C(O)C1)Nc1c(Cl)cccc1Cl. The Hall–Kier alpha value is -0.850. The van der Waals surface area contributed by atoms with Gasteiger partial charge in [-0.2, -0.15) is 0 Å². The Balaban J connectivity index is 1.84. The zero-order valence-corrected chi connectivity index (χ0v) is 12.2. The largest absolute Gasteiger partial charge is 0.389 e. The first-order valence-corrected chi connectivity index (χ1v) is 7.05. The summed E-state index contributed by atoms with van der Waals surface area (Å²) < 4.78 is 0. The molecule has 0 aliphatic carbocycles. The van der Waals surface area contributed by atoms with Crippen LogP contribution < -0.4 is 5.32 Å². The number of nitrogens with one attached hydrogen (secondary N) is 1. The predicted molar refractivity (Wildman–Crippen MR) is 78.2 cm³/mol. The lowest BCUT2D eigenvalue weighted by molar-refractivity contribution is -0.116. The topological polar surface area (TPSA) is 72.8 Å². The monoisotopic (exact) mass is 318 g/mol. The first kappa shape index (κ1) is 15.5. The quantitative estimate of drug-likeness (QED) is 0.783. The highest BCUT2D eigenvalue weighted by Crippen LogP contribution is 2.29. The Labute approximate surface area is 127 Å². The van der Waals surface area contributed by atoms with Gasteiger partial charge in [0.25, 0.3) is 0 Å². The van der Waals surface area contributed by atoms with E-state index in [1.54, 1.807) is 18.2 Å². The molecule has 7 heteroatoms. The van der Waals surface area contributed by atoms with Crippen LogP contribution in [0, 0.1) is 0 Å². The minimum atomic E-state index is -0.740. The minimum Gasteiger partial charge on any atom is -0.389 e. The summed E-state index contributed by atoms with van der Waals surface area (Å²) in [5.74, 6) is -0.212. The van der Waals surface area contributed by atoms with Crippen LogP contribution in [0.4, 0.5) is 5.69 Å². The molecule has 1 fully saturated rings. The summed E-state index contributed by atoms with van der Waals surface area (Å²) in [6.07, 6.45) is -1.24. The molecule has 0 spiro atoms. The molecule has 20 heavy (non-hydrogen) atoms. The molecule has 0 saturated carbocycles. The molecular formula is C13H16Cl2N2O3. The van der Waals surface area contributed by atoms with E-state index < -0.39 is 12.2 Å². The molecule has 2 atom stereocenters. The zero-order chi connectivity index (χ0) is 14.7. The number of halogens is 2. The summed E-state index contributed by atoms with van der Waals surface area (Å²) in [6, 6.07) is 5.00. The zero-order valence-electron chi connectivity index (χ0n) is 10.7. The van der Waals surface area contributed by atoms with Crippen molar-refractivity contribution in [3.63, 3.8) is 0 Å². The highest BCUT2D eigenvalue weighted by atomic mass is 35.5. The highest BCUT2D eigenvalue weighted by Gasteiger charge is 2.29. The van der Waals surface area contributed by atoms with Crippen molar-refractivity contribution in [2.75, 3.05) is 25.0 Å². The van der Waals surface area contributed by atoms with Gasteiger partial charge >= 0.3 is 0 Å². The third-order valence-corrected chi connectivity index (χ3v) is 3.85. The fourth-order valence-corrected chi connectivity index (χ4v) is 2.60. The molecule has 1 aliphatic heterocycles. The molecule has 0 aromatic heterocycles. The van der Waals surface area contributed by atoms with Gasteiger partial charge in [-0.1, -0.05) is 29.3 Å². The van der Waals surface area contributed by atoms with Gasteiger partial charge in [-0.05, 0) is 12.1 Å². The number of para-hydroxylation sites is 1. The molecule has 3 N–H and O–H groups in total. The standard InChI is InChI=1S/C13H16Cl2N2O3/c14-8-2-1-3-9(15)13(8)16-12(20)4-5-17-6-10(18)11(19)7-17/h1-3,10-11,18-19H,4-7H2,(H,16,20). The lowest BCUT2D eigenvalue weighted by atomic mass is 10.3. The van der Waals surface area contributed by atoms with Crippen molar-refractivity contribution in [2.45, 2.75) is 18.6 Å². The summed E-state index contributed by atoms with van der Waals surface area (Å²) in [6.45, 7) is 1.21. The van der Waals surface area contributed by atoms with Crippen LogP contribution in [0.5, 0.6) is 0 Å². The smallest absolute Gasteiger partial charge is 0.225 e. The summed E-state index contributed by atoms with van der Waals surface area (Å²) in [7, 11) is 0. The molecule has 1 heterocycles. The summed E-state index contributed by atoms with van der Waals surface area (Å²) in [5, 5.41) is 22.3. The number of nitrogens with zero attached hydrogens (tertiary/aromatic N) is 1. The third-order valence-electron chi connectivity index (χ3n) is 3.22. The molecule has 1 aliphatic rings. The Morgan fingerprint density at radius 1 is 1.25 bits per heavy atom. The second-order valence-corrected chi connectivity index (χ2v) is 5.60. The minimum absolute atomic E-state index is 0.212. The maximum atomic E-state index is 11.9. The number of aliphatic hydroxyl groups excluding tert-OH is 2. The average Bonchev–Trinajstić information content (AvgIpc) is 2.71. The number of carbonyl (C=O) groups excluding carboxylic acids is 1. The van der Waals surface area contributed by atoms with Crippen molar-refractivity contribution in [1.29, 1.82) is 0 Å². The molecule has 0 radical (unpaired) electrons. The first-order valence-electron chi connectivity index (χ1n) is 6.29. The Kier molecular flexibility index (Phi) is 5.23. The van der Waals surface area contributed by atoms with Crippen LogP contribution in [0.3, 0.4) is 0 Å². The lowest BCUT2D eigenvalue weighted by Crippen LogP contribution is -2.27. The van der Waals surface area contributed by atoms with Crippen LogP contribution in [-0.2, 0) is 4.79 Å². The average molecular weight is 319 g/mol. The molecule has 2 unspecified atom stereocenters. The molecule has 0 bridgehead atoms. The molecule has 1 aromatic rings. The van der Waals surface area contributed by atoms with Crippen LogP contribution in [0.2, 0.25) is 10.0 Å². The number of aliphatic hydroxyl groups is 2. The van der Waals surface area contributed by atoms with Gasteiger partial charge in [0.15, 0.2) is 0 Å². The normalized spacial score (nSPS) is 23.0. The van der Waals surface area contributed by atoms with Crippen molar-refractivity contribution in [2.24, 2.45) is 0 Å². The van der Waals surface area contributed by atoms with Gasteiger partial charge in [-0.3, -0.25) is 9.69 Å². The molecule has 1 amide bonds. The fourth-order valence-electron chi connectivity index (χ4n) is 2.11. The van der Waals surface area contributed by atoms with Crippen molar-refractivity contribution in [1.82, 2.24) is 4.90 Å². The van der Waals surface area contributed by atoms with E-state index in [1.165, 1.54) is 0 Å². The van der Waals surface area contributed by atoms with Crippen molar-refractivity contribution >= 4 is 34.8 Å². The van der Waals surface area contributed by atoms with E-state index in [2.05, 4.69) is 5.32 Å². The van der Waals surface area contributed by atoms with Gasteiger partial charge in [-0.25, -0.2) is 0 Å². The lowest BCUT2D eigenvalue weighted by Gasteiger charge is -2.14. The summed E-state index contributed by atoms with van der Waals surface area (Å²) >= 11 is 11.9. The van der Waals surface area contributed by atoms with Gasteiger partial charge in [0.2, 0.25) is 5.91 Å². The number of β-amino-alcohol motifs (C(OH)–C–C–N with tert-alkyl or cyclic N) is 2. The van der Waals surface area contributed by atoms with Gasteiger partial charge in [-0.15, -0.1) is 0 Å². The maximum Gasteiger partial charge on any atom is 0.225 e. The predicted octanol–water partition coefficient (Wildman–Crippen LogP) is 1.36. The van der Waals surface area contributed by atoms with E-state index in [1.807, 2.05) is 4.90 Å². The van der Waals surface area contributed by atoms with Crippen LogP contribution in [0.15, 0.2) is 18.2 Å². The fraction of sp³-hybridized carbons (Fsp3) is 0.462. The molecule has 110 valence electrons. The number of rotatable bonds is 4. The van der Waals surface area contributed by atoms with E-state index in [0.29, 0.717) is 35.4 Å². The van der Waals surface area contributed by atoms with Crippen LogP contribution in [-0.4, -0.2) is 52.9 Å². The van der Waals surface area contributed by atoms with E-state index in [-0.39, 0.29) is 12.3 Å². The number of hydrogen-bond donors (Lipinski definition) is 3. The number of anilines is 1. The number of hydrogen-bond acceptors (Lipinski definition) is 4. The van der Waals surface area contributed by atoms with E-state index >= 15 is 0 Å². The van der Waals surface area contributed by atoms with E-state index in [9.17, 15) is 15.0 Å². The van der Waals surface area contributed by atoms with Crippen LogP contribution >= 0.6 is 23.2 Å². The van der Waals surface area contributed by atoms with Crippen molar-refractivity contribution in [3.8, 4) is 0 Å². The second kappa shape index (κ2) is 6.74. The Morgan fingerprint density at radius 2 is 1.80 bits per heavy atom. The number of benzene rings is 1. The Morgan fingerprint density at radius 3 is 2.35 bits per heavy atom. The molecule has 2 rings (SSSR count). The maximum absolute atomic E-state index is 11.9. The number of likely N-dealkylation sites (tertiary alicyclic amines) is 1. The van der Waals surface area contributed by atoms with E-state index in [4.69, 9.17) is 23.2 Å². The van der Waals surface area contributed by atoms with Crippen LogP contribution in [0.1, 0.15) is 6.42 Å². The molecule has 1 aromatic carbocycles. The summed E-state index contributed by atoms with van der Waals surface area (Å²) in [4.78, 5) is 13.7. The number of carbonyl (C=O) groups is 1. The first-order chi connectivity index (χ1) is 9.47. The van der Waals surface area contributed by atoms with Gasteiger partial charge in [0, 0.05) is 26.1 Å². The molecule has 5 nitrogen and oxygen atoms in total. The third kappa shape index (κ3) is 3.84.